The molecule has 0 unspecified atom stereocenters. The Kier molecular flexibility index (Phi) is 10.6. The minimum absolute atomic E-state index is 0.0395. The molecule has 0 spiro atoms. The molecule has 0 fully saturated rings. The molecule has 5 aromatic rings. The van der Waals surface area contributed by atoms with Gasteiger partial charge in [0.15, 0.2) is 0 Å². The maximum atomic E-state index is 13.7. The van der Waals surface area contributed by atoms with Gasteiger partial charge in [0, 0.05) is 29.5 Å². The number of hydrogen-bond acceptors (Lipinski definition) is 6. The van der Waals surface area contributed by atoms with Crippen molar-refractivity contribution in [3.63, 3.8) is 0 Å². The van der Waals surface area contributed by atoms with Crippen LogP contribution in [0, 0.1) is 0 Å². The molecule has 0 aromatic heterocycles. The van der Waals surface area contributed by atoms with E-state index in [4.69, 9.17) is 43.5 Å². The molecule has 47 heavy (non-hydrogen) atoms. The first-order valence-corrected chi connectivity index (χ1v) is 15.2. The molecule has 9 nitrogen and oxygen atoms in total. The second-order valence-electron chi connectivity index (χ2n) is 10.4. The van der Waals surface area contributed by atoms with Crippen LogP contribution in [0.5, 0.6) is 17.2 Å². The number of aliphatic carboxylic acids is 1. The van der Waals surface area contributed by atoms with Crippen molar-refractivity contribution in [3.8, 4) is 28.4 Å². The summed E-state index contributed by atoms with van der Waals surface area (Å²) in [5.41, 5.74) is 9.67. The van der Waals surface area contributed by atoms with Gasteiger partial charge in [-0.15, -0.1) is 0 Å². The number of nitrogens with two attached hydrogens (primary N) is 1. The van der Waals surface area contributed by atoms with Crippen LogP contribution >= 0.6 is 23.2 Å². The zero-order valence-corrected chi connectivity index (χ0v) is 26.4. The molecular weight excluding hydrogens is 641 g/mol. The average molecular weight is 671 g/mol. The van der Waals surface area contributed by atoms with Crippen molar-refractivity contribution in [2.45, 2.75) is 13.0 Å². The van der Waals surface area contributed by atoms with Gasteiger partial charge < -0.3 is 25.6 Å². The molecule has 5 rings (SSSR count). The van der Waals surface area contributed by atoms with Crippen molar-refractivity contribution in [1.82, 2.24) is 5.32 Å². The SMILES string of the molecule is Nc1ccc(-c2ccc(OC(=O)N(Cc3cccc(Oc4ccc(Cl)c(Cl)c4)c3)c3cccc(C(=O)NCCC(=O)O)c3)cc2)cc1. The molecule has 0 saturated heterocycles. The Hall–Kier alpha value is -5.51. The van der Waals surface area contributed by atoms with Crippen molar-refractivity contribution in [3.05, 3.63) is 136 Å². The van der Waals surface area contributed by atoms with Crippen molar-refractivity contribution in [2.24, 2.45) is 0 Å². The van der Waals surface area contributed by atoms with Crippen molar-refractivity contribution in [1.29, 1.82) is 0 Å². The third-order valence-electron chi connectivity index (χ3n) is 6.93. The number of nitrogens with zero attached hydrogens (tertiary/aromatic N) is 1. The van der Waals surface area contributed by atoms with Crippen LogP contribution in [0.2, 0.25) is 10.0 Å². The number of benzene rings is 5. The number of ether oxygens (including phenoxy) is 2. The van der Waals surface area contributed by atoms with E-state index in [0.717, 1.165) is 11.1 Å². The molecule has 0 radical (unpaired) electrons. The largest absolute Gasteiger partial charge is 0.481 e. The number of rotatable bonds is 11. The minimum Gasteiger partial charge on any atom is -0.481 e. The lowest BCUT2D eigenvalue weighted by Crippen LogP contribution is -2.33. The van der Waals surface area contributed by atoms with Gasteiger partial charge in [-0.05, 0) is 83.4 Å². The lowest BCUT2D eigenvalue weighted by Gasteiger charge is -2.23. The number of carbonyl (C=O) groups excluding carboxylic acids is 2. The zero-order valence-electron chi connectivity index (χ0n) is 24.9. The molecule has 5 aromatic carbocycles. The van der Waals surface area contributed by atoms with E-state index < -0.39 is 18.0 Å². The van der Waals surface area contributed by atoms with Gasteiger partial charge in [0.1, 0.15) is 17.2 Å². The summed E-state index contributed by atoms with van der Waals surface area (Å²) in [6, 6.07) is 33.0. The predicted molar refractivity (Wildman–Crippen MR) is 183 cm³/mol. The Morgan fingerprint density at radius 1 is 0.745 bits per heavy atom. The van der Waals surface area contributed by atoms with Gasteiger partial charge in [-0.2, -0.15) is 0 Å². The first-order chi connectivity index (χ1) is 22.6. The van der Waals surface area contributed by atoms with E-state index in [1.807, 2.05) is 42.5 Å². The first-order valence-electron chi connectivity index (χ1n) is 14.4. The standard InChI is InChI=1S/C36H29Cl2N3O6/c37-32-16-15-31(21-33(32)38)46-30-6-1-3-23(19-30)22-41(28-5-2-4-26(20-28)35(44)40-18-17-34(42)43)36(45)47-29-13-9-25(10-14-29)24-7-11-27(39)12-8-24/h1-16,19-21H,17-18,22,39H2,(H,40,44)(H,42,43). The summed E-state index contributed by atoms with van der Waals surface area (Å²) < 4.78 is 11.8. The summed E-state index contributed by atoms with van der Waals surface area (Å²) in [6.45, 7) is 0.0210. The van der Waals surface area contributed by atoms with E-state index in [1.54, 1.807) is 66.7 Å². The van der Waals surface area contributed by atoms with Crippen molar-refractivity contribution >= 4 is 52.5 Å². The van der Waals surface area contributed by atoms with Crippen LogP contribution in [0.25, 0.3) is 11.1 Å². The topological polar surface area (TPSA) is 131 Å². The van der Waals surface area contributed by atoms with Crippen LogP contribution in [0.4, 0.5) is 16.2 Å². The van der Waals surface area contributed by atoms with E-state index in [-0.39, 0.29) is 25.1 Å². The van der Waals surface area contributed by atoms with Crippen LogP contribution in [0.3, 0.4) is 0 Å². The molecule has 0 saturated carbocycles. The lowest BCUT2D eigenvalue weighted by molar-refractivity contribution is -0.136. The number of amides is 2. The summed E-state index contributed by atoms with van der Waals surface area (Å²) in [6.07, 6.45) is -0.911. The monoisotopic (exact) mass is 669 g/mol. The first kappa shape index (κ1) is 32.9. The second kappa shape index (κ2) is 15.2. The lowest BCUT2D eigenvalue weighted by atomic mass is 10.1. The summed E-state index contributed by atoms with van der Waals surface area (Å²) in [5.74, 6) is -0.203. The highest BCUT2D eigenvalue weighted by Gasteiger charge is 2.21. The fourth-order valence-corrected chi connectivity index (χ4v) is 4.86. The maximum absolute atomic E-state index is 13.7. The molecule has 0 atom stereocenters. The maximum Gasteiger partial charge on any atom is 0.420 e. The third-order valence-corrected chi connectivity index (χ3v) is 7.67. The third kappa shape index (κ3) is 9.03. The number of nitrogen functional groups attached to an aromatic ring is 1. The molecule has 238 valence electrons. The van der Waals surface area contributed by atoms with Crippen LogP contribution in [-0.2, 0) is 11.3 Å². The zero-order chi connectivity index (χ0) is 33.3. The van der Waals surface area contributed by atoms with Gasteiger partial charge in [-0.3, -0.25) is 14.5 Å². The normalized spacial score (nSPS) is 10.6. The minimum atomic E-state index is -1.03. The Bertz CT molecular complexity index is 1900. The van der Waals surface area contributed by atoms with Gasteiger partial charge in [0.05, 0.1) is 23.0 Å². The Labute approximate surface area is 281 Å². The number of anilines is 2. The summed E-state index contributed by atoms with van der Waals surface area (Å²) in [4.78, 5) is 38.8. The number of carbonyl (C=O) groups is 3. The quantitative estimate of drug-likeness (QED) is 0.120. The van der Waals surface area contributed by atoms with Crippen LogP contribution in [-0.4, -0.2) is 29.6 Å². The smallest absolute Gasteiger partial charge is 0.420 e. The van der Waals surface area contributed by atoms with Gasteiger partial charge in [-0.25, -0.2) is 4.79 Å². The highest BCUT2D eigenvalue weighted by atomic mass is 35.5. The number of halogens is 2. The second-order valence-corrected chi connectivity index (χ2v) is 11.2. The Morgan fingerprint density at radius 2 is 1.40 bits per heavy atom. The van der Waals surface area contributed by atoms with E-state index in [0.29, 0.717) is 44.2 Å². The Balaban J connectivity index is 1.39. The van der Waals surface area contributed by atoms with E-state index >= 15 is 0 Å². The van der Waals surface area contributed by atoms with E-state index in [1.165, 1.54) is 11.0 Å². The summed E-state index contributed by atoms with van der Waals surface area (Å²) >= 11 is 12.2. The number of hydrogen-bond donors (Lipinski definition) is 3. The van der Waals surface area contributed by atoms with Crippen molar-refractivity contribution in [2.75, 3.05) is 17.2 Å². The Morgan fingerprint density at radius 3 is 2.11 bits per heavy atom. The molecule has 0 aliphatic carbocycles. The molecule has 11 heteroatoms. The number of carboxylic acids is 1. The van der Waals surface area contributed by atoms with Gasteiger partial charge in [0.25, 0.3) is 5.91 Å². The highest BCUT2D eigenvalue weighted by molar-refractivity contribution is 6.42. The molecule has 0 aliphatic rings. The number of nitrogens with one attached hydrogen (secondary N) is 1. The van der Waals surface area contributed by atoms with E-state index in [2.05, 4.69) is 5.32 Å². The molecular formula is C36H29Cl2N3O6. The molecule has 0 bridgehead atoms. The summed E-state index contributed by atoms with van der Waals surface area (Å²) in [7, 11) is 0. The van der Waals surface area contributed by atoms with Gasteiger partial charge >= 0.3 is 12.1 Å². The molecule has 4 N–H and O–H groups in total. The van der Waals surface area contributed by atoms with E-state index in [9.17, 15) is 14.4 Å². The molecule has 0 heterocycles. The summed E-state index contributed by atoms with van der Waals surface area (Å²) in [5, 5.41) is 12.2. The fourth-order valence-electron chi connectivity index (χ4n) is 4.57. The van der Waals surface area contributed by atoms with Gasteiger partial charge in [-0.1, -0.05) is 65.7 Å². The fraction of sp³-hybridized carbons (Fsp3) is 0.0833. The highest BCUT2D eigenvalue weighted by Crippen LogP contribution is 2.31. The number of carboxylic acid groups (broad SMARTS) is 1. The van der Waals surface area contributed by atoms with Crippen LogP contribution in [0.15, 0.2) is 115 Å². The van der Waals surface area contributed by atoms with Crippen LogP contribution < -0.4 is 25.4 Å². The van der Waals surface area contributed by atoms with Crippen LogP contribution in [0.1, 0.15) is 22.3 Å². The van der Waals surface area contributed by atoms with Gasteiger partial charge in [0.2, 0.25) is 0 Å². The molecule has 0 aliphatic heterocycles. The van der Waals surface area contributed by atoms with Crippen molar-refractivity contribution < 1.29 is 29.0 Å². The molecule has 2 amide bonds. The predicted octanol–water partition coefficient (Wildman–Crippen LogP) is 8.45. The average Bonchev–Trinajstić information content (AvgIpc) is 3.06.